The summed E-state index contributed by atoms with van der Waals surface area (Å²) in [6.07, 6.45) is 5.54. The molecule has 0 spiro atoms. The molecule has 0 saturated heterocycles. The molecular formula is C12H20N2O3S. The number of sulfonamides is 1. The maximum absolute atomic E-state index is 12.0. The molecule has 5 nitrogen and oxygen atoms in total. The summed E-state index contributed by atoms with van der Waals surface area (Å²) in [6, 6.07) is 1.93. The van der Waals surface area contributed by atoms with Gasteiger partial charge >= 0.3 is 0 Å². The van der Waals surface area contributed by atoms with Gasteiger partial charge in [0.1, 0.15) is 0 Å². The highest BCUT2D eigenvalue weighted by Gasteiger charge is 2.27. The van der Waals surface area contributed by atoms with Crippen molar-refractivity contribution >= 4 is 10.0 Å². The molecule has 1 heterocycles. The average molecular weight is 272 g/mol. The Kier molecular flexibility index (Phi) is 4.09. The summed E-state index contributed by atoms with van der Waals surface area (Å²) >= 11 is 0. The number of aliphatic hydroxyl groups is 1. The molecule has 1 aliphatic carbocycles. The van der Waals surface area contributed by atoms with Gasteiger partial charge in [-0.3, -0.25) is 0 Å². The molecule has 1 aromatic rings. The zero-order valence-corrected chi connectivity index (χ0v) is 11.4. The van der Waals surface area contributed by atoms with Gasteiger partial charge in [-0.1, -0.05) is 13.3 Å². The van der Waals surface area contributed by atoms with Crippen LogP contribution in [0.2, 0.25) is 0 Å². The first kappa shape index (κ1) is 13.6. The van der Waals surface area contributed by atoms with Gasteiger partial charge in [0.2, 0.25) is 10.0 Å². The Hall–Kier alpha value is -0.850. The van der Waals surface area contributed by atoms with Gasteiger partial charge in [0.05, 0.1) is 11.5 Å². The fourth-order valence-electron chi connectivity index (χ4n) is 1.93. The molecule has 0 atom stereocenters. The second-order valence-electron chi connectivity index (χ2n) is 4.72. The van der Waals surface area contributed by atoms with Crippen LogP contribution in [0, 0.1) is 0 Å². The van der Waals surface area contributed by atoms with E-state index in [2.05, 4.69) is 4.72 Å². The fraction of sp³-hybridized carbons (Fsp3) is 0.667. The molecule has 1 aliphatic rings. The van der Waals surface area contributed by atoms with Gasteiger partial charge in [0, 0.05) is 24.5 Å². The number of nitrogens with zero attached hydrogens (tertiary/aromatic N) is 1. The standard InChI is InChI=1S/C12H20N2O3S/c1-2-3-6-13-18(16,17)12-7-11(9-15)14(8-12)10-4-5-10/h7-8,10,13,15H,2-6,9H2,1H3. The molecule has 0 radical (unpaired) electrons. The molecular weight excluding hydrogens is 252 g/mol. The van der Waals surface area contributed by atoms with Crippen LogP contribution in [-0.2, 0) is 16.6 Å². The summed E-state index contributed by atoms with van der Waals surface area (Å²) in [4.78, 5) is 0.259. The summed E-state index contributed by atoms with van der Waals surface area (Å²) in [5.41, 5.74) is 0.674. The van der Waals surface area contributed by atoms with E-state index in [1.165, 1.54) is 0 Å². The molecule has 1 aromatic heterocycles. The van der Waals surface area contributed by atoms with E-state index in [0.717, 1.165) is 25.7 Å². The molecule has 1 saturated carbocycles. The van der Waals surface area contributed by atoms with E-state index in [-0.39, 0.29) is 11.5 Å². The summed E-state index contributed by atoms with van der Waals surface area (Å²) in [5, 5.41) is 9.25. The minimum Gasteiger partial charge on any atom is -0.390 e. The lowest BCUT2D eigenvalue weighted by Crippen LogP contribution is -2.24. The molecule has 0 unspecified atom stereocenters. The first-order valence-electron chi connectivity index (χ1n) is 6.39. The third kappa shape index (κ3) is 2.93. The lowest BCUT2D eigenvalue weighted by Gasteiger charge is -2.04. The number of aromatic nitrogens is 1. The summed E-state index contributed by atoms with van der Waals surface area (Å²) in [6.45, 7) is 2.35. The lowest BCUT2D eigenvalue weighted by molar-refractivity contribution is 0.270. The van der Waals surface area contributed by atoms with E-state index >= 15 is 0 Å². The second-order valence-corrected chi connectivity index (χ2v) is 6.48. The second kappa shape index (κ2) is 5.42. The van der Waals surface area contributed by atoms with Crippen molar-refractivity contribution in [3.63, 3.8) is 0 Å². The predicted molar refractivity (Wildman–Crippen MR) is 68.7 cm³/mol. The lowest BCUT2D eigenvalue weighted by atomic mass is 10.3. The number of unbranched alkanes of at least 4 members (excludes halogenated alkanes) is 1. The van der Waals surface area contributed by atoms with E-state index in [9.17, 15) is 13.5 Å². The molecule has 0 bridgehead atoms. The number of rotatable bonds is 7. The molecule has 2 rings (SSSR count). The first-order chi connectivity index (χ1) is 8.58. The van der Waals surface area contributed by atoms with Crippen LogP contribution in [0.1, 0.15) is 44.3 Å². The Bertz CT molecular complexity index is 503. The Labute approximate surface area is 108 Å². The highest BCUT2D eigenvalue weighted by atomic mass is 32.2. The summed E-state index contributed by atoms with van der Waals surface area (Å²) < 4.78 is 28.5. The van der Waals surface area contributed by atoms with Crippen LogP contribution in [-0.4, -0.2) is 24.6 Å². The van der Waals surface area contributed by atoms with Crippen LogP contribution in [0.5, 0.6) is 0 Å². The van der Waals surface area contributed by atoms with Crippen molar-refractivity contribution in [3.8, 4) is 0 Å². The van der Waals surface area contributed by atoms with E-state index in [1.54, 1.807) is 12.3 Å². The van der Waals surface area contributed by atoms with Crippen molar-refractivity contribution in [2.45, 2.75) is 50.2 Å². The van der Waals surface area contributed by atoms with Gasteiger partial charge in [-0.15, -0.1) is 0 Å². The maximum atomic E-state index is 12.0. The third-order valence-electron chi connectivity index (χ3n) is 3.14. The number of hydrogen-bond acceptors (Lipinski definition) is 3. The molecule has 2 N–H and O–H groups in total. The van der Waals surface area contributed by atoms with Crippen molar-refractivity contribution in [1.82, 2.24) is 9.29 Å². The number of nitrogens with one attached hydrogen (secondary N) is 1. The normalized spacial score (nSPS) is 16.1. The Morgan fingerprint density at radius 1 is 1.50 bits per heavy atom. The third-order valence-corrected chi connectivity index (χ3v) is 4.57. The van der Waals surface area contributed by atoms with Crippen LogP contribution in [0.4, 0.5) is 0 Å². The van der Waals surface area contributed by atoms with Gasteiger partial charge in [0.25, 0.3) is 0 Å². The van der Waals surface area contributed by atoms with Crippen molar-refractivity contribution in [2.24, 2.45) is 0 Å². The van der Waals surface area contributed by atoms with Crippen LogP contribution in [0.15, 0.2) is 17.2 Å². The zero-order valence-electron chi connectivity index (χ0n) is 10.6. The largest absolute Gasteiger partial charge is 0.390 e. The molecule has 102 valence electrons. The van der Waals surface area contributed by atoms with Gasteiger partial charge in [-0.05, 0) is 25.3 Å². The number of aliphatic hydroxyl groups excluding tert-OH is 1. The van der Waals surface area contributed by atoms with Gasteiger partial charge in [-0.25, -0.2) is 13.1 Å². The minimum absolute atomic E-state index is 0.124. The number of hydrogen-bond donors (Lipinski definition) is 2. The first-order valence-corrected chi connectivity index (χ1v) is 7.88. The SMILES string of the molecule is CCCCNS(=O)(=O)c1cc(CO)n(C2CC2)c1. The Balaban J connectivity index is 2.16. The van der Waals surface area contributed by atoms with Crippen molar-refractivity contribution < 1.29 is 13.5 Å². The molecule has 6 heteroatoms. The topological polar surface area (TPSA) is 71.3 Å². The quantitative estimate of drug-likeness (QED) is 0.737. The summed E-state index contributed by atoms with van der Waals surface area (Å²) in [5.74, 6) is 0. The van der Waals surface area contributed by atoms with Crippen LogP contribution >= 0.6 is 0 Å². The summed E-state index contributed by atoms with van der Waals surface area (Å²) in [7, 11) is -3.43. The van der Waals surface area contributed by atoms with Gasteiger partial charge < -0.3 is 9.67 Å². The van der Waals surface area contributed by atoms with Gasteiger partial charge in [0.15, 0.2) is 0 Å². The maximum Gasteiger partial charge on any atom is 0.242 e. The molecule has 18 heavy (non-hydrogen) atoms. The zero-order chi connectivity index (χ0) is 13.2. The Morgan fingerprint density at radius 3 is 2.78 bits per heavy atom. The fourth-order valence-corrected chi connectivity index (χ4v) is 3.05. The van der Waals surface area contributed by atoms with Crippen LogP contribution < -0.4 is 4.72 Å². The predicted octanol–water partition coefficient (Wildman–Crippen LogP) is 1.39. The van der Waals surface area contributed by atoms with Crippen molar-refractivity contribution in [2.75, 3.05) is 6.54 Å². The monoisotopic (exact) mass is 272 g/mol. The Morgan fingerprint density at radius 2 is 2.22 bits per heavy atom. The van der Waals surface area contributed by atoms with Gasteiger partial charge in [-0.2, -0.15) is 0 Å². The molecule has 0 aromatic carbocycles. The van der Waals surface area contributed by atoms with E-state index in [4.69, 9.17) is 0 Å². The molecule has 0 amide bonds. The molecule has 1 fully saturated rings. The minimum atomic E-state index is -3.43. The van der Waals surface area contributed by atoms with E-state index < -0.39 is 10.0 Å². The average Bonchev–Trinajstić information content (AvgIpc) is 3.08. The van der Waals surface area contributed by atoms with Crippen LogP contribution in [0.25, 0.3) is 0 Å². The van der Waals surface area contributed by atoms with E-state index in [0.29, 0.717) is 18.3 Å². The smallest absolute Gasteiger partial charge is 0.242 e. The van der Waals surface area contributed by atoms with Crippen LogP contribution in [0.3, 0.4) is 0 Å². The van der Waals surface area contributed by atoms with Crippen molar-refractivity contribution in [1.29, 1.82) is 0 Å². The van der Waals surface area contributed by atoms with Crippen molar-refractivity contribution in [3.05, 3.63) is 18.0 Å². The molecule has 0 aliphatic heterocycles. The highest BCUT2D eigenvalue weighted by Crippen LogP contribution is 2.37. The van der Waals surface area contributed by atoms with E-state index in [1.807, 2.05) is 11.5 Å². The highest BCUT2D eigenvalue weighted by molar-refractivity contribution is 7.89.